The number of hydrogen-bond acceptors (Lipinski definition) is 5. The summed E-state index contributed by atoms with van der Waals surface area (Å²) in [5.74, 6) is -0.938. The molecule has 0 bridgehead atoms. The number of fused-ring (bicyclic) bond motifs is 2. The maximum Gasteiger partial charge on any atom is 0.336 e. The van der Waals surface area contributed by atoms with Gasteiger partial charge in [-0.15, -0.1) is 12.4 Å². The van der Waals surface area contributed by atoms with Crippen LogP contribution in [0, 0.1) is 11.3 Å². The fourth-order valence-corrected chi connectivity index (χ4v) is 4.68. The van der Waals surface area contributed by atoms with Crippen molar-refractivity contribution in [1.82, 2.24) is 19.7 Å². The Morgan fingerprint density at radius 2 is 1.86 bits per heavy atom. The fourth-order valence-electron chi connectivity index (χ4n) is 4.68. The molecule has 0 unspecified atom stereocenters. The molecule has 0 radical (unpaired) electrons. The molecule has 2 aromatic carbocycles. The van der Waals surface area contributed by atoms with Crippen molar-refractivity contribution in [2.75, 3.05) is 13.1 Å². The summed E-state index contributed by atoms with van der Waals surface area (Å²) >= 11 is 0. The molecule has 7 nitrogen and oxygen atoms in total. The van der Waals surface area contributed by atoms with Crippen molar-refractivity contribution in [2.24, 2.45) is 0 Å². The first kappa shape index (κ1) is 25.1. The summed E-state index contributed by atoms with van der Waals surface area (Å²) in [4.78, 5) is 19.5. The van der Waals surface area contributed by atoms with Crippen molar-refractivity contribution >= 4 is 40.9 Å². The van der Waals surface area contributed by atoms with E-state index in [1.807, 2.05) is 60.8 Å². The number of nitrogens with zero attached hydrogens (tertiary/aromatic N) is 5. The minimum absolute atomic E-state index is 0. The van der Waals surface area contributed by atoms with Crippen LogP contribution in [0.25, 0.3) is 33.8 Å². The monoisotopic (exact) mass is 499 g/mol. The van der Waals surface area contributed by atoms with Crippen molar-refractivity contribution in [3.05, 3.63) is 83.2 Å². The highest BCUT2D eigenvalue weighted by molar-refractivity contribution is 6.06. The molecule has 4 aromatic rings. The summed E-state index contributed by atoms with van der Waals surface area (Å²) in [7, 11) is 0. The van der Waals surface area contributed by atoms with E-state index >= 15 is 0 Å². The van der Waals surface area contributed by atoms with Gasteiger partial charge < -0.3 is 5.11 Å². The molecule has 36 heavy (non-hydrogen) atoms. The standard InChI is InChI=1S/C28H25N5O2.ClH/c1-2-32-16-20(27-23(18-32)25(28(34)35)22-11-6-7-12-24(22)30-27)15-21-17-33(14-8-13-29)31-26(21)19-9-4-3-5-10-19;/h3-7,9-12,15,17H,2,8,14,16,18H2,1H3,(H,34,35);1H/b20-15-;. The Morgan fingerprint density at radius 1 is 1.11 bits per heavy atom. The fraction of sp³-hybridized carbons (Fsp3) is 0.214. The van der Waals surface area contributed by atoms with E-state index < -0.39 is 5.97 Å². The van der Waals surface area contributed by atoms with Crippen LogP contribution in [0.4, 0.5) is 0 Å². The minimum Gasteiger partial charge on any atom is -0.478 e. The van der Waals surface area contributed by atoms with E-state index in [1.54, 1.807) is 4.68 Å². The van der Waals surface area contributed by atoms with Gasteiger partial charge in [-0.05, 0) is 24.3 Å². The van der Waals surface area contributed by atoms with Gasteiger partial charge in [0.05, 0.1) is 41.5 Å². The van der Waals surface area contributed by atoms with Crippen LogP contribution in [0.1, 0.15) is 40.5 Å². The number of carboxylic acids is 1. The molecule has 0 aliphatic carbocycles. The number of likely N-dealkylation sites (N-methyl/N-ethyl adjacent to an activating group) is 1. The second-order valence-electron chi connectivity index (χ2n) is 8.58. The maximum atomic E-state index is 12.4. The molecule has 1 aliphatic rings. The van der Waals surface area contributed by atoms with Crippen molar-refractivity contribution in [1.29, 1.82) is 5.26 Å². The van der Waals surface area contributed by atoms with Gasteiger partial charge in [-0.2, -0.15) is 10.4 Å². The number of hydrogen-bond donors (Lipinski definition) is 1. The maximum absolute atomic E-state index is 12.4. The molecule has 0 amide bonds. The van der Waals surface area contributed by atoms with Crippen LogP contribution in [0.15, 0.2) is 60.8 Å². The van der Waals surface area contributed by atoms with E-state index in [2.05, 4.69) is 24.0 Å². The number of aryl methyl sites for hydroxylation is 1. The zero-order valence-electron chi connectivity index (χ0n) is 19.9. The molecule has 0 spiro atoms. The Labute approximate surface area is 215 Å². The van der Waals surface area contributed by atoms with Gasteiger partial charge in [-0.3, -0.25) is 9.58 Å². The molecule has 8 heteroatoms. The van der Waals surface area contributed by atoms with Crippen LogP contribution in [0.3, 0.4) is 0 Å². The van der Waals surface area contributed by atoms with Gasteiger partial charge in [0.2, 0.25) is 0 Å². The van der Waals surface area contributed by atoms with Gasteiger partial charge in [0.1, 0.15) is 0 Å². The number of aromatic nitrogens is 3. The second-order valence-corrected chi connectivity index (χ2v) is 8.58. The molecule has 0 saturated heterocycles. The number of benzene rings is 2. The third-order valence-electron chi connectivity index (χ3n) is 6.35. The second kappa shape index (κ2) is 10.7. The van der Waals surface area contributed by atoms with Gasteiger partial charge in [0, 0.05) is 41.4 Å². The highest BCUT2D eigenvalue weighted by Crippen LogP contribution is 2.35. The number of nitriles is 1. The minimum atomic E-state index is -0.938. The molecule has 1 N–H and O–H groups in total. The lowest BCUT2D eigenvalue weighted by Gasteiger charge is -2.30. The summed E-state index contributed by atoms with van der Waals surface area (Å²) in [6, 6.07) is 19.5. The molecule has 3 heterocycles. The lowest BCUT2D eigenvalue weighted by molar-refractivity contribution is 0.0696. The molecule has 5 rings (SSSR count). The highest BCUT2D eigenvalue weighted by atomic mass is 35.5. The summed E-state index contributed by atoms with van der Waals surface area (Å²) in [5, 5.41) is 24.6. The third-order valence-corrected chi connectivity index (χ3v) is 6.35. The first-order chi connectivity index (χ1) is 17.1. The van der Waals surface area contributed by atoms with Gasteiger partial charge in [-0.1, -0.05) is 55.5 Å². The number of pyridine rings is 1. The number of aromatic carboxylic acids is 1. The van der Waals surface area contributed by atoms with Crippen molar-refractivity contribution in [2.45, 2.75) is 26.4 Å². The molecule has 0 saturated carbocycles. The molecule has 0 atom stereocenters. The van der Waals surface area contributed by atoms with E-state index in [0.29, 0.717) is 42.5 Å². The van der Waals surface area contributed by atoms with Gasteiger partial charge in [0.15, 0.2) is 0 Å². The Balaban J connectivity index is 0.00000304. The van der Waals surface area contributed by atoms with E-state index in [9.17, 15) is 9.90 Å². The largest absolute Gasteiger partial charge is 0.478 e. The molecule has 1 aliphatic heterocycles. The van der Waals surface area contributed by atoms with Crippen LogP contribution in [0.5, 0.6) is 0 Å². The van der Waals surface area contributed by atoms with Crippen LogP contribution in [-0.2, 0) is 13.1 Å². The summed E-state index contributed by atoms with van der Waals surface area (Å²) in [6.45, 7) is 4.56. The van der Waals surface area contributed by atoms with E-state index in [1.165, 1.54) is 0 Å². The first-order valence-corrected chi connectivity index (χ1v) is 11.7. The lowest BCUT2D eigenvalue weighted by Crippen LogP contribution is -2.31. The average molecular weight is 500 g/mol. The Kier molecular flexibility index (Phi) is 7.49. The summed E-state index contributed by atoms with van der Waals surface area (Å²) < 4.78 is 1.80. The lowest BCUT2D eigenvalue weighted by atomic mass is 9.92. The predicted octanol–water partition coefficient (Wildman–Crippen LogP) is 5.51. The molecule has 2 aromatic heterocycles. The average Bonchev–Trinajstić information content (AvgIpc) is 3.28. The Morgan fingerprint density at radius 3 is 2.58 bits per heavy atom. The van der Waals surface area contributed by atoms with E-state index in [4.69, 9.17) is 15.3 Å². The Bertz CT molecular complexity index is 1490. The third kappa shape index (κ3) is 4.74. The number of para-hydroxylation sites is 1. The molecule has 0 fully saturated rings. The smallest absolute Gasteiger partial charge is 0.336 e. The van der Waals surface area contributed by atoms with Crippen LogP contribution in [0.2, 0.25) is 0 Å². The Hall–Kier alpha value is -3.99. The van der Waals surface area contributed by atoms with E-state index in [-0.39, 0.29) is 12.4 Å². The summed E-state index contributed by atoms with van der Waals surface area (Å²) in [5.41, 5.74) is 6.15. The number of carbonyl (C=O) groups is 1. The molecule has 182 valence electrons. The highest BCUT2D eigenvalue weighted by Gasteiger charge is 2.28. The normalized spacial score (nSPS) is 14.3. The molecular formula is C28H26ClN5O2. The van der Waals surface area contributed by atoms with Gasteiger partial charge >= 0.3 is 5.97 Å². The zero-order chi connectivity index (χ0) is 24.4. The van der Waals surface area contributed by atoms with Crippen molar-refractivity contribution in [3.8, 4) is 17.3 Å². The topological polar surface area (TPSA) is 95.0 Å². The van der Waals surface area contributed by atoms with Crippen molar-refractivity contribution < 1.29 is 9.90 Å². The molecular weight excluding hydrogens is 474 g/mol. The summed E-state index contributed by atoms with van der Waals surface area (Å²) in [6.07, 6.45) is 4.40. The number of rotatable bonds is 6. The zero-order valence-corrected chi connectivity index (χ0v) is 20.7. The van der Waals surface area contributed by atoms with Crippen LogP contribution < -0.4 is 0 Å². The number of halogens is 1. The number of carboxylic acid groups (broad SMARTS) is 1. The SMILES string of the molecule is CCN1C/C(=C/c2cn(CCC#N)nc2-c2ccccc2)c2nc3ccccc3c(C(=O)O)c2C1.Cl. The quantitative estimate of drug-likeness (QED) is 0.376. The van der Waals surface area contributed by atoms with Crippen LogP contribution >= 0.6 is 12.4 Å². The van der Waals surface area contributed by atoms with Crippen molar-refractivity contribution in [3.63, 3.8) is 0 Å². The van der Waals surface area contributed by atoms with Gasteiger partial charge in [0.25, 0.3) is 0 Å². The predicted molar refractivity (Wildman–Crippen MR) is 143 cm³/mol. The van der Waals surface area contributed by atoms with Crippen LogP contribution in [-0.4, -0.2) is 43.8 Å². The first-order valence-electron chi connectivity index (χ1n) is 11.7. The van der Waals surface area contributed by atoms with Gasteiger partial charge in [-0.25, -0.2) is 9.78 Å². The van der Waals surface area contributed by atoms with E-state index in [0.717, 1.165) is 40.2 Å².